The van der Waals surface area contributed by atoms with Gasteiger partial charge in [0.05, 0.1) is 16.9 Å². The van der Waals surface area contributed by atoms with E-state index in [1.165, 1.54) is 18.2 Å². The third kappa shape index (κ3) is 2.35. The van der Waals surface area contributed by atoms with Crippen LogP contribution in [0.3, 0.4) is 0 Å². The molecule has 5 N–H and O–H groups in total. The van der Waals surface area contributed by atoms with Gasteiger partial charge in [-0.25, -0.2) is 5.14 Å². The molecule has 7 heteroatoms. The minimum Gasteiger partial charge on any atom is -0.398 e. The van der Waals surface area contributed by atoms with Crippen molar-refractivity contribution in [3.8, 4) is 6.07 Å². The van der Waals surface area contributed by atoms with Crippen molar-refractivity contribution >= 4 is 21.6 Å². The molecule has 0 saturated carbocycles. The van der Waals surface area contributed by atoms with E-state index < -0.39 is 10.2 Å². The Bertz CT molecular complexity index is 489. The topological polar surface area (TPSA) is 122 Å². The first-order chi connectivity index (χ1) is 6.44. The predicted octanol–water partition coefficient (Wildman–Crippen LogP) is -0.244. The number of nitriles is 1. The molecule has 1 rings (SSSR count). The van der Waals surface area contributed by atoms with Gasteiger partial charge in [-0.05, 0) is 12.1 Å². The summed E-state index contributed by atoms with van der Waals surface area (Å²) in [4.78, 5) is 0. The zero-order valence-corrected chi connectivity index (χ0v) is 7.88. The van der Waals surface area contributed by atoms with Gasteiger partial charge in [-0.15, -0.1) is 0 Å². The number of rotatable bonds is 2. The van der Waals surface area contributed by atoms with Gasteiger partial charge in [0, 0.05) is 0 Å². The maximum Gasteiger partial charge on any atom is 0.296 e. The second kappa shape index (κ2) is 3.53. The Morgan fingerprint density at radius 2 is 2.07 bits per heavy atom. The van der Waals surface area contributed by atoms with Crippen molar-refractivity contribution in [1.29, 1.82) is 5.26 Å². The Morgan fingerprint density at radius 3 is 2.57 bits per heavy atom. The molecule has 0 radical (unpaired) electrons. The fraction of sp³-hybridized carbons (Fsp3) is 0. The summed E-state index contributed by atoms with van der Waals surface area (Å²) >= 11 is 0. The van der Waals surface area contributed by atoms with Gasteiger partial charge in [-0.1, -0.05) is 6.07 Å². The lowest BCUT2D eigenvalue weighted by atomic mass is 10.1. The summed E-state index contributed by atoms with van der Waals surface area (Å²) in [6.07, 6.45) is 0. The van der Waals surface area contributed by atoms with Crippen LogP contribution in [-0.2, 0) is 10.2 Å². The average molecular weight is 212 g/mol. The van der Waals surface area contributed by atoms with Crippen molar-refractivity contribution in [2.45, 2.75) is 0 Å². The lowest BCUT2D eigenvalue weighted by Crippen LogP contribution is -2.22. The molecule has 0 bridgehead atoms. The van der Waals surface area contributed by atoms with Crippen LogP contribution in [-0.4, -0.2) is 8.42 Å². The van der Waals surface area contributed by atoms with Crippen molar-refractivity contribution in [1.82, 2.24) is 0 Å². The van der Waals surface area contributed by atoms with Crippen molar-refractivity contribution in [2.24, 2.45) is 5.14 Å². The molecule has 0 aliphatic heterocycles. The second-order valence-corrected chi connectivity index (χ2v) is 3.82. The molecule has 0 heterocycles. The van der Waals surface area contributed by atoms with Crippen molar-refractivity contribution in [3.05, 3.63) is 23.8 Å². The van der Waals surface area contributed by atoms with E-state index in [1.54, 1.807) is 6.07 Å². The number of hydrogen-bond acceptors (Lipinski definition) is 4. The zero-order chi connectivity index (χ0) is 10.8. The molecule has 1 aromatic carbocycles. The maximum atomic E-state index is 10.7. The van der Waals surface area contributed by atoms with Crippen LogP contribution in [0.25, 0.3) is 0 Å². The van der Waals surface area contributed by atoms with E-state index in [2.05, 4.69) is 0 Å². The summed E-state index contributed by atoms with van der Waals surface area (Å²) in [6, 6.07) is 6.19. The minimum absolute atomic E-state index is 0.0570. The second-order valence-electron chi connectivity index (χ2n) is 2.53. The summed E-state index contributed by atoms with van der Waals surface area (Å²) < 4.78 is 23.4. The molecule has 0 fully saturated rings. The molecule has 0 spiro atoms. The van der Waals surface area contributed by atoms with Crippen LogP contribution < -0.4 is 15.6 Å². The predicted molar refractivity (Wildman–Crippen MR) is 52.3 cm³/mol. The summed E-state index contributed by atoms with van der Waals surface area (Å²) in [6.45, 7) is 0. The van der Waals surface area contributed by atoms with E-state index in [-0.39, 0.29) is 16.9 Å². The summed E-state index contributed by atoms with van der Waals surface area (Å²) in [5, 5.41) is 13.4. The Morgan fingerprint density at radius 1 is 1.43 bits per heavy atom. The smallest absolute Gasteiger partial charge is 0.296 e. The molecule has 0 aliphatic carbocycles. The Labute approximate surface area is 81.3 Å². The largest absolute Gasteiger partial charge is 0.398 e. The van der Waals surface area contributed by atoms with Crippen LogP contribution in [0.2, 0.25) is 0 Å². The molecular formula is C7H8N4O2S. The molecule has 0 unspecified atom stereocenters. The van der Waals surface area contributed by atoms with Crippen LogP contribution in [0, 0.1) is 11.3 Å². The van der Waals surface area contributed by atoms with Crippen molar-refractivity contribution < 1.29 is 8.42 Å². The molecule has 1 aromatic rings. The SMILES string of the molecule is N#Cc1c(N)cccc1NS(N)(=O)=O. The first-order valence-electron chi connectivity index (χ1n) is 3.53. The molecule has 0 saturated heterocycles. The molecule has 0 aliphatic rings. The molecular weight excluding hydrogens is 204 g/mol. The van der Waals surface area contributed by atoms with Gasteiger partial charge in [0.2, 0.25) is 0 Å². The van der Waals surface area contributed by atoms with Gasteiger partial charge in [0.15, 0.2) is 0 Å². The first kappa shape index (κ1) is 10.3. The Kier molecular flexibility index (Phi) is 2.60. The van der Waals surface area contributed by atoms with Gasteiger partial charge in [-0.3, -0.25) is 4.72 Å². The molecule has 0 aromatic heterocycles. The first-order valence-corrected chi connectivity index (χ1v) is 5.08. The van der Waals surface area contributed by atoms with Crippen LogP contribution in [0.15, 0.2) is 18.2 Å². The highest BCUT2D eigenvalue weighted by atomic mass is 32.2. The zero-order valence-electron chi connectivity index (χ0n) is 7.06. The average Bonchev–Trinajstić information content (AvgIpc) is 2.01. The van der Waals surface area contributed by atoms with Crippen LogP contribution >= 0.6 is 0 Å². The highest BCUT2D eigenvalue weighted by Gasteiger charge is 2.09. The molecule has 0 atom stereocenters. The van der Waals surface area contributed by atoms with Crippen LogP contribution in [0.1, 0.15) is 5.56 Å². The fourth-order valence-electron chi connectivity index (χ4n) is 0.933. The van der Waals surface area contributed by atoms with Crippen LogP contribution in [0.5, 0.6) is 0 Å². The normalized spacial score (nSPS) is 10.6. The summed E-state index contributed by atoms with van der Waals surface area (Å²) in [5.41, 5.74) is 5.78. The monoisotopic (exact) mass is 212 g/mol. The van der Waals surface area contributed by atoms with E-state index in [0.717, 1.165) is 0 Å². The van der Waals surface area contributed by atoms with Gasteiger partial charge < -0.3 is 5.73 Å². The molecule has 74 valence electrons. The number of nitrogens with one attached hydrogen (secondary N) is 1. The Balaban J connectivity index is 3.24. The highest BCUT2D eigenvalue weighted by molar-refractivity contribution is 7.90. The standard InChI is InChI=1S/C7H8N4O2S/c8-4-5-6(9)2-1-3-7(5)11-14(10,12)13/h1-3,11H,9H2,(H2,10,12,13). The minimum atomic E-state index is -3.88. The number of nitrogen functional groups attached to an aromatic ring is 1. The van der Waals surface area contributed by atoms with E-state index >= 15 is 0 Å². The van der Waals surface area contributed by atoms with Gasteiger partial charge >= 0.3 is 0 Å². The van der Waals surface area contributed by atoms with Gasteiger partial charge in [0.25, 0.3) is 10.2 Å². The van der Waals surface area contributed by atoms with Gasteiger partial charge in [-0.2, -0.15) is 13.7 Å². The van der Waals surface area contributed by atoms with E-state index in [0.29, 0.717) is 0 Å². The lowest BCUT2D eigenvalue weighted by molar-refractivity contribution is 0.603. The van der Waals surface area contributed by atoms with E-state index in [1.807, 2.05) is 4.72 Å². The number of benzene rings is 1. The van der Waals surface area contributed by atoms with Crippen molar-refractivity contribution in [2.75, 3.05) is 10.5 Å². The quantitative estimate of drug-likeness (QED) is 0.585. The third-order valence-corrected chi connectivity index (χ3v) is 1.97. The van der Waals surface area contributed by atoms with Gasteiger partial charge in [0.1, 0.15) is 6.07 Å². The summed E-state index contributed by atoms with van der Waals surface area (Å²) in [5.74, 6) is 0. The maximum absolute atomic E-state index is 10.7. The molecule has 14 heavy (non-hydrogen) atoms. The fourth-order valence-corrected chi connectivity index (χ4v) is 1.41. The van der Waals surface area contributed by atoms with E-state index in [4.69, 9.17) is 16.1 Å². The number of nitrogens with zero attached hydrogens (tertiary/aromatic N) is 1. The van der Waals surface area contributed by atoms with E-state index in [9.17, 15) is 8.42 Å². The van der Waals surface area contributed by atoms with Crippen LogP contribution in [0.4, 0.5) is 11.4 Å². The Hall–Kier alpha value is -1.78. The number of nitrogens with two attached hydrogens (primary N) is 2. The molecule has 6 nitrogen and oxygen atoms in total. The third-order valence-electron chi connectivity index (χ3n) is 1.46. The lowest BCUT2D eigenvalue weighted by Gasteiger charge is -2.06. The highest BCUT2D eigenvalue weighted by Crippen LogP contribution is 2.20. The number of hydrogen-bond donors (Lipinski definition) is 3. The summed E-state index contributed by atoms with van der Waals surface area (Å²) in [7, 11) is -3.88. The van der Waals surface area contributed by atoms with Crippen molar-refractivity contribution in [3.63, 3.8) is 0 Å². The molecule has 0 amide bonds. The number of anilines is 2.